The number of aromatic nitrogens is 2. The second-order valence-electron chi connectivity index (χ2n) is 6.31. The normalized spacial score (nSPS) is 20.5. The lowest BCUT2D eigenvalue weighted by Gasteiger charge is -2.33. The van der Waals surface area contributed by atoms with E-state index in [-0.39, 0.29) is 11.5 Å². The topological polar surface area (TPSA) is 53.1 Å². The van der Waals surface area contributed by atoms with E-state index in [0.29, 0.717) is 0 Å². The lowest BCUT2D eigenvalue weighted by atomic mass is 9.74. The van der Waals surface area contributed by atoms with Crippen LogP contribution in [0.3, 0.4) is 0 Å². The number of nitrogens with zero attached hydrogens (tertiary/aromatic N) is 2. The lowest BCUT2D eigenvalue weighted by molar-refractivity contribution is 0.278. The predicted octanol–water partition coefficient (Wildman–Crippen LogP) is 2.85. The van der Waals surface area contributed by atoms with Gasteiger partial charge >= 0.3 is 0 Å². The first kappa shape index (κ1) is 13.2. The van der Waals surface area contributed by atoms with Crippen molar-refractivity contribution in [2.24, 2.45) is 11.1 Å². The van der Waals surface area contributed by atoms with E-state index in [2.05, 4.69) is 18.9 Å². The van der Waals surface area contributed by atoms with E-state index in [0.717, 1.165) is 24.3 Å². The third-order valence-electron chi connectivity index (χ3n) is 4.04. The third kappa shape index (κ3) is 2.20. The summed E-state index contributed by atoms with van der Waals surface area (Å²) in [7, 11) is 1.67. The molecule has 0 spiro atoms. The zero-order valence-corrected chi connectivity index (χ0v) is 12.3. The number of hydrogen-bond acceptors (Lipinski definition) is 3. The van der Waals surface area contributed by atoms with Gasteiger partial charge in [0.15, 0.2) is 0 Å². The van der Waals surface area contributed by atoms with Gasteiger partial charge in [-0.1, -0.05) is 13.8 Å². The zero-order chi connectivity index (χ0) is 14.3. The van der Waals surface area contributed by atoms with Crippen LogP contribution in [0.2, 0.25) is 0 Å². The van der Waals surface area contributed by atoms with Crippen molar-refractivity contribution in [2.45, 2.75) is 32.7 Å². The third-order valence-corrected chi connectivity index (χ3v) is 4.04. The Morgan fingerprint density at radius 2 is 2.00 bits per heavy atom. The van der Waals surface area contributed by atoms with Gasteiger partial charge in [0.1, 0.15) is 5.75 Å². The molecule has 0 saturated carbocycles. The van der Waals surface area contributed by atoms with Gasteiger partial charge < -0.3 is 10.5 Å². The van der Waals surface area contributed by atoms with Crippen LogP contribution in [0, 0.1) is 5.41 Å². The van der Waals surface area contributed by atoms with Gasteiger partial charge in [-0.3, -0.25) is 0 Å². The fraction of sp³-hybridized carbons (Fsp3) is 0.438. The molecule has 0 amide bonds. The Morgan fingerprint density at radius 1 is 1.30 bits per heavy atom. The Morgan fingerprint density at radius 3 is 2.65 bits per heavy atom. The molecule has 1 aromatic carbocycles. The average Bonchev–Trinajstić information content (AvgIpc) is 2.81. The maximum absolute atomic E-state index is 6.29. The summed E-state index contributed by atoms with van der Waals surface area (Å²) in [5.41, 5.74) is 9.97. The van der Waals surface area contributed by atoms with Gasteiger partial charge in [-0.25, -0.2) is 4.68 Å². The zero-order valence-electron chi connectivity index (χ0n) is 12.3. The van der Waals surface area contributed by atoms with Crippen molar-refractivity contribution in [3.8, 4) is 11.4 Å². The van der Waals surface area contributed by atoms with E-state index in [9.17, 15) is 0 Å². The van der Waals surface area contributed by atoms with Crippen LogP contribution < -0.4 is 10.5 Å². The number of benzene rings is 1. The molecule has 0 bridgehead atoms. The maximum Gasteiger partial charge on any atom is 0.119 e. The molecule has 0 aliphatic heterocycles. The second kappa shape index (κ2) is 4.63. The molecule has 1 unspecified atom stereocenters. The van der Waals surface area contributed by atoms with Gasteiger partial charge in [0.05, 0.1) is 19.0 Å². The molecule has 1 aromatic heterocycles. The van der Waals surface area contributed by atoms with Gasteiger partial charge in [-0.15, -0.1) is 0 Å². The summed E-state index contributed by atoms with van der Waals surface area (Å²) in [4.78, 5) is 0. The SMILES string of the molecule is COc1ccc(-n2ncc3c2CC(C)(C)CC3N)cc1. The first-order valence-electron chi connectivity index (χ1n) is 6.97. The van der Waals surface area contributed by atoms with E-state index < -0.39 is 0 Å². The van der Waals surface area contributed by atoms with Crippen LogP contribution in [-0.4, -0.2) is 16.9 Å². The van der Waals surface area contributed by atoms with E-state index in [1.807, 2.05) is 35.1 Å². The van der Waals surface area contributed by atoms with Gasteiger partial charge in [0, 0.05) is 17.3 Å². The number of rotatable bonds is 2. The fourth-order valence-electron chi connectivity index (χ4n) is 3.05. The Bertz CT molecular complexity index is 613. The van der Waals surface area contributed by atoms with E-state index >= 15 is 0 Å². The molecule has 1 aliphatic rings. The van der Waals surface area contributed by atoms with Crippen molar-refractivity contribution in [1.29, 1.82) is 0 Å². The number of methoxy groups -OCH3 is 1. The molecule has 20 heavy (non-hydrogen) atoms. The Hall–Kier alpha value is -1.81. The minimum absolute atomic E-state index is 0.0840. The quantitative estimate of drug-likeness (QED) is 0.913. The maximum atomic E-state index is 6.29. The van der Waals surface area contributed by atoms with Crippen molar-refractivity contribution < 1.29 is 4.74 Å². The Kier molecular flexibility index (Phi) is 3.05. The standard InChI is InChI=1S/C16H21N3O/c1-16(2)8-14(17)13-10-18-19(15(13)9-16)11-4-6-12(20-3)7-5-11/h4-7,10,14H,8-9,17H2,1-3H3. The molecule has 4 heteroatoms. The number of nitrogens with two attached hydrogens (primary N) is 1. The highest BCUT2D eigenvalue weighted by Gasteiger charge is 2.33. The van der Waals surface area contributed by atoms with Crippen LogP contribution in [0.15, 0.2) is 30.5 Å². The first-order valence-corrected chi connectivity index (χ1v) is 6.97. The summed E-state index contributed by atoms with van der Waals surface area (Å²) < 4.78 is 7.21. The van der Waals surface area contributed by atoms with E-state index in [1.165, 1.54) is 11.3 Å². The second-order valence-corrected chi connectivity index (χ2v) is 6.31. The molecule has 1 atom stereocenters. The summed E-state index contributed by atoms with van der Waals surface area (Å²) in [6, 6.07) is 8.05. The van der Waals surface area contributed by atoms with Crippen LogP contribution in [-0.2, 0) is 6.42 Å². The molecule has 106 valence electrons. The molecule has 0 saturated heterocycles. The predicted molar refractivity (Wildman–Crippen MR) is 79.1 cm³/mol. The van der Waals surface area contributed by atoms with E-state index in [1.54, 1.807) is 7.11 Å². The van der Waals surface area contributed by atoms with Crippen LogP contribution in [0.4, 0.5) is 0 Å². The van der Waals surface area contributed by atoms with Gasteiger partial charge in [-0.2, -0.15) is 5.10 Å². The Balaban J connectivity index is 2.03. The fourth-order valence-corrected chi connectivity index (χ4v) is 3.05. The van der Waals surface area contributed by atoms with Crippen LogP contribution >= 0.6 is 0 Å². The summed E-state index contributed by atoms with van der Waals surface area (Å²) >= 11 is 0. The smallest absolute Gasteiger partial charge is 0.119 e. The molecule has 1 aliphatic carbocycles. The first-order chi connectivity index (χ1) is 9.50. The molecular formula is C16H21N3O. The van der Waals surface area contributed by atoms with Crippen molar-refractivity contribution in [1.82, 2.24) is 9.78 Å². The molecule has 0 radical (unpaired) electrons. The highest BCUT2D eigenvalue weighted by molar-refractivity contribution is 5.40. The summed E-state index contributed by atoms with van der Waals surface area (Å²) in [6.07, 6.45) is 3.93. The van der Waals surface area contributed by atoms with Gasteiger partial charge in [0.25, 0.3) is 0 Å². The summed E-state index contributed by atoms with van der Waals surface area (Å²) in [5.74, 6) is 0.854. The highest BCUT2D eigenvalue weighted by atomic mass is 16.5. The number of ether oxygens (including phenoxy) is 1. The average molecular weight is 271 g/mol. The number of hydrogen-bond donors (Lipinski definition) is 1. The van der Waals surface area contributed by atoms with Crippen LogP contribution in [0.25, 0.3) is 5.69 Å². The van der Waals surface area contributed by atoms with Gasteiger partial charge in [0.2, 0.25) is 0 Å². The van der Waals surface area contributed by atoms with Crippen molar-refractivity contribution >= 4 is 0 Å². The molecule has 0 fully saturated rings. The van der Waals surface area contributed by atoms with Crippen LogP contribution in [0.1, 0.15) is 37.6 Å². The van der Waals surface area contributed by atoms with Crippen molar-refractivity contribution in [2.75, 3.05) is 7.11 Å². The molecule has 2 N–H and O–H groups in total. The minimum atomic E-state index is 0.0840. The summed E-state index contributed by atoms with van der Waals surface area (Å²) in [6.45, 7) is 4.53. The number of fused-ring (bicyclic) bond motifs is 1. The molecule has 1 heterocycles. The van der Waals surface area contributed by atoms with Crippen LogP contribution in [0.5, 0.6) is 5.75 Å². The van der Waals surface area contributed by atoms with E-state index in [4.69, 9.17) is 10.5 Å². The molecule has 4 nitrogen and oxygen atoms in total. The van der Waals surface area contributed by atoms with Crippen molar-refractivity contribution in [3.63, 3.8) is 0 Å². The largest absolute Gasteiger partial charge is 0.497 e. The Labute approximate surface area is 119 Å². The monoisotopic (exact) mass is 271 g/mol. The molecule has 3 rings (SSSR count). The highest BCUT2D eigenvalue weighted by Crippen LogP contribution is 2.40. The van der Waals surface area contributed by atoms with Crippen molar-refractivity contribution in [3.05, 3.63) is 41.7 Å². The van der Waals surface area contributed by atoms with Gasteiger partial charge in [-0.05, 0) is 42.5 Å². The summed E-state index contributed by atoms with van der Waals surface area (Å²) in [5, 5.41) is 4.54. The molecule has 2 aromatic rings. The minimum Gasteiger partial charge on any atom is -0.497 e. The molecular weight excluding hydrogens is 250 g/mol. The lowest BCUT2D eigenvalue weighted by Crippen LogP contribution is -2.30.